The van der Waals surface area contributed by atoms with E-state index in [0.717, 1.165) is 10.0 Å². The molecule has 1 rings (SSSR count). The zero-order valence-electron chi connectivity index (χ0n) is 6.60. The number of pyridine rings is 1. The van der Waals surface area contributed by atoms with Crippen molar-refractivity contribution in [2.45, 2.75) is 13.8 Å². The quantitative estimate of drug-likeness (QED) is 0.757. The molecule has 11 heavy (non-hydrogen) atoms. The Labute approximate surface area is 74.7 Å². The van der Waals surface area contributed by atoms with Crippen LogP contribution < -0.4 is 4.74 Å². The maximum atomic E-state index is 5.26. The van der Waals surface area contributed by atoms with Crippen LogP contribution in [0.25, 0.3) is 0 Å². The van der Waals surface area contributed by atoms with Gasteiger partial charge >= 0.3 is 0 Å². The Morgan fingerprint density at radius 1 is 1.64 bits per heavy atom. The van der Waals surface area contributed by atoms with E-state index in [1.807, 2.05) is 19.9 Å². The molecule has 0 saturated heterocycles. The van der Waals surface area contributed by atoms with E-state index >= 15 is 0 Å². The first-order valence-corrected chi connectivity index (χ1v) is 4.29. The molecule has 0 aromatic carbocycles. The Morgan fingerprint density at radius 2 is 2.36 bits per heavy atom. The molecule has 1 aromatic heterocycles. The number of hydrogen-bond acceptors (Lipinski definition) is 2. The molecule has 2 nitrogen and oxygen atoms in total. The van der Waals surface area contributed by atoms with Crippen LogP contribution in [-0.2, 0) is 0 Å². The van der Waals surface area contributed by atoms with Crippen molar-refractivity contribution in [1.29, 1.82) is 0 Å². The van der Waals surface area contributed by atoms with E-state index in [1.54, 1.807) is 6.20 Å². The van der Waals surface area contributed by atoms with Gasteiger partial charge in [0.15, 0.2) is 0 Å². The molecule has 0 N–H and O–H groups in total. The van der Waals surface area contributed by atoms with Crippen molar-refractivity contribution in [2.24, 2.45) is 0 Å². The Hall–Kier alpha value is -0.570. The van der Waals surface area contributed by atoms with Gasteiger partial charge in [0, 0.05) is 6.20 Å². The first-order chi connectivity index (χ1) is 5.25. The molecule has 0 aliphatic carbocycles. The second-order valence-corrected chi connectivity index (χ2v) is 2.97. The molecule has 0 bridgehead atoms. The number of aryl methyl sites for hydroxylation is 1. The van der Waals surface area contributed by atoms with Crippen LogP contribution in [0.4, 0.5) is 0 Å². The minimum absolute atomic E-state index is 0.648. The van der Waals surface area contributed by atoms with E-state index in [4.69, 9.17) is 4.74 Å². The SMILES string of the molecule is CCOc1nccc(C)c1Br. The minimum atomic E-state index is 0.648. The van der Waals surface area contributed by atoms with E-state index in [2.05, 4.69) is 20.9 Å². The average molecular weight is 216 g/mol. The van der Waals surface area contributed by atoms with Gasteiger partial charge < -0.3 is 4.74 Å². The second kappa shape index (κ2) is 3.72. The largest absolute Gasteiger partial charge is 0.477 e. The second-order valence-electron chi connectivity index (χ2n) is 2.18. The molecule has 0 aliphatic heterocycles. The van der Waals surface area contributed by atoms with Crippen molar-refractivity contribution < 1.29 is 4.74 Å². The number of hydrogen-bond donors (Lipinski definition) is 0. The molecule has 0 saturated carbocycles. The molecule has 3 heteroatoms. The van der Waals surface area contributed by atoms with Crippen molar-refractivity contribution in [3.8, 4) is 5.88 Å². The zero-order valence-corrected chi connectivity index (χ0v) is 8.18. The number of ether oxygens (including phenoxy) is 1. The highest BCUT2D eigenvalue weighted by Gasteiger charge is 2.02. The molecule has 1 aromatic rings. The summed E-state index contributed by atoms with van der Waals surface area (Å²) in [5, 5.41) is 0. The first-order valence-electron chi connectivity index (χ1n) is 3.49. The van der Waals surface area contributed by atoms with Gasteiger partial charge in [-0.1, -0.05) is 0 Å². The van der Waals surface area contributed by atoms with Crippen LogP contribution in [0.1, 0.15) is 12.5 Å². The number of halogens is 1. The van der Waals surface area contributed by atoms with Gasteiger partial charge in [0.05, 0.1) is 11.1 Å². The summed E-state index contributed by atoms with van der Waals surface area (Å²) >= 11 is 3.39. The Morgan fingerprint density at radius 3 is 3.00 bits per heavy atom. The Bertz CT molecular complexity index is 250. The fourth-order valence-electron chi connectivity index (χ4n) is 0.753. The van der Waals surface area contributed by atoms with E-state index in [-0.39, 0.29) is 0 Å². The molecule has 0 aliphatic rings. The van der Waals surface area contributed by atoms with Gasteiger partial charge in [-0.15, -0.1) is 0 Å². The normalized spacial score (nSPS) is 9.73. The van der Waals surface area contributed by atoms with Crippen LogP contribution in [0.2, 0.25) is 0 Å². The topological polar surface area (TPSA) is 22.1 Å². The van der Waals surface area contributed by atoms with Gasteiger partial charge in [-0.3, -0.25) is 0 Å². The lowest BCUT2D eigenvalue weighted by Crippen LogP contribution is -1.95. The van der Waals surface area contributed by atoms with Gasteiger partial charge in [-0.05, 0) is 41.4 Å². The van der Waals surface area contributed by atoms with Crippen LogP contribution in [0, 0.1) is 6.92 Å². The van der Waals surface area contributed by atoms with Gasteiger partial charge in [-0.2, -0.15) is 0 Å². The van der Waals surface area contributed by atoms with Crippen LogP contribution in [0.3, 0.4) is 0 Å². The van der Waals surface area contributed by atoms with Crippen molar-refractivity contribution in [1.82, 2.24) is 4.98 Å². The minimum Gasteiger partial charge on any atom is -0.477 e. The van der Waals surface area contributed by atoms with Gasteiger partial charge in [0.2, 0.25) is 5.88 Å². The summed E-state index contributed by atoms with van der Waals surface area (Å²) in [7, 11) is 0. The van der Waals surface area contributed by atoms with Crippen LogP contribution in [0.15, 0.2) is 16.7 Å². The third kappa shape index (κ3) is 1.93. The van der Waals surface area contributed by atoms with Crippen molar-refractivity contribution >= 4 is 15.9 Å². The third-order valence-electron chi connectivity index (χ3n) is 1.33. The standard InChI is InChI=1S/C8H10BrNO/c1-3-11-8-7(9)6(2)4-5-10-8/h4-5H,3H2,1-2H3. The molecule has 0 spiro atoms. The maximum Gasteiger partial charge on any atom is 0.228 e. The fourth-order valence-corrected chi connectivity index (χ4v) is 1.10. The summed E-state index contributed by atoms with van der Waals surface area (Å²) in [6, 6.07) is 1.94. The van der Waals surface area contributed by atoms with Gasteiger partial charge in [0.25, 0.3) is 0 Å². The maximum absolute atomic E-state index is 5.26. The summed E-state index contributed by atoms with van der Waals surface area (Å²) in [4.78, 5) is 4.06. The lowest BCUT2D eigenvalue weighted by molar-refractivity contribution is 0.324. The van der Waals surface area contributed by atoms with E-state index < -0.39 is 0 Å². The smallest absolute Gasteiger partial charge is 0.228 e. The molecule has 1 heterocycles. The van der Waals surface area contributed by atoms with Crippen LogP contribution in [0.5, 0.6) is 5.88 Å². The number of aromatic nitrogens is 1. The van der Waals surface area contributed by atoms with Crippen molar-refractivity contribution in [3.63, 3.8) is 0 Å². The lowest BCUT2D eigenvalue weighted by Gasteiger charge is -2.04. The van der Waals surface area contributed by atoms with Crippen molar-refractivity contribution in [2.75, 3.05) is 6.61 Å². The van der Waals surface area contributed by atoms with Crippen LogP contribution >= 0.6 is 15.9 Å². The van der Waals surface area contributed by atoms with Gasteiger partial charge in [-0.25, -0.2) is 4.98 Å². The summed E-state index contributed by atoms with van der Waals surface area (Å²) in [6.07, 6.45) is 1.74. The molecular weight excluding hydrogens is 206 g/mol. The molecule has 0 radical (unpaired) electrons. The van der Waals surface area contributed by atoms with E-state index in [0.29, 0.717) is 12.5 Å². The predicted octanol–water partition coefficient (Wildman–Crippen LogP) is 2.55. The summed E-state index contributed by atoms with van der Waals surface area (Å²) in [5.41, 5.74) is 1.14. The number of nitrogens with zero attached hydrogens (tertiary/aromatic N) is 1. The Kier molecular flexibility index (Phi) is 2.88. The molecule has 0 fully saturated rings. The van der Waals surface area contributed by atoms with Crippen molar-refractivity contribution in [3.05, 3.63) is 22.3 Å². The summed E-state index contributed by atoms with van der Waals surface area (Å²) in [6.45, 7) is 4.60. The average Bonchev–Trinajstić information content (AvgIpc) is 1.99. The predicted molar refractivity (Wildman–Crippen MR) is 47.8 cm³/mol. The van der Waals surface area contributed by atoms with E-state index in [1.165, 1.54) is 0 Å². The summed E-state index contributed by atoms with van der Waals surface area (Å²) < 4.78 is 6.21. The fraction of sp³-hybridized carbons (Fsp3) is 0.375. The molecule has 60 valence electrons. The molecule has 0 amide bonds. The highest BCUT2D eigenvalue weighted by molar-refractivity contribution is 9.10. The van der Waals surface area contributed by atoms with Gasteiger partial charge in [0.1, 0.15) is 0 Å². The number of rotatable bonds is 2. The summed E-state index contributed by atoms with van der Waals surface area (Å²) in [5.74, 6) is 0.674. The Balaban J connectivity index is 2.96. The van der Waals surface area contributed by atoms with E-state index in [9.17, 15) is 0 Å². The molecule has 0 unspecified atom stereocenters. The van der Waals surface area contributed by atoms with Crippen LogP contribution in [-0.4, -0.2) is 11.6 Å². The highest BCUT2D eigenvalue weighted by atomic mass is 79.9. The first kappa shape index (κ1) is 8.53. The molecular formula is C8H10BrNO. The molecule has 0 atom stereocenters. The zero-order chi connectivity index (χ0) is 8.27. The monoisotopic (exact) mass is 215 g/mol. The highest BCUT2D eigenvalue weighted by Crippen LogP contribution is 2.24. The third-order valence-corrected chi connectivity index (χ3v) is 2.30. The lowest BCUT2D eigenvalue weighted by atomic mass is 10.3.